The third-order valence-corrected chi connectivity index (χ3v) is 4.68. The zero-order valence-electron chi connectivity index (χ0n) is 12.1. The molecule has 21 heavy (non-hydrogen) atoms. The zero-order chi connectivity index (χ0) is 15.5. The number of nitrogens with one attached hydrogen (secondary N) is 1. The van der Waals surface area contributed by atoms with Crippen LogP contribution in [0.5, 0.6) is 5.75 Å². The predicted octanol–water partition coefficient (Wildman–Crippen LogP) is 2.08. The van der Waals surface area contributed by atoms with Crippen molar-refractivity contribution in [3.63, 3.8) is 0 Å². The molecule has 0 saturated carbocycles. The summed E-state index contributed by atoms with van der Waals surface area (Å²) < 4.78 is 30.1. The summed E-state index contributed by atoms with van der Waals surface area (Å²) in [5.74, 6) is 1.33. The van der Waals surface area contributed by atoms with Crippen LogP contribution in [0.4, 0.5) is 11.5 Å². The molecule has 0 unspecified atom stereocenters. The average molecular weight is 307 g/mol. The van der Waals surface area contributed by atoms with Crippen molar-refractivity contribution in [3.05, 3.63) is 42.6 Å². The minimum atomic E-state index is -3.45. The summed E-state index contributed by atoms with van der Waals surface area (Å²) in [6.45, 7) is 0. The molecule has 0 atom stereocenters. The Balaban J connectivity index is 2.15. The van der Waals surface area contributed by atoms with E-state index in [1.807, 2.05) is 24.3 Å². The van der Waals surface area contributed by atoms with Crippen molar-refractivity contribution in [1.82, 2.24) is 9.29 Å². The van der Waals surface area contributed by atoms with Gasteiger partial charge in [-0.25, -0.2) is 17.7 Å². The molecule has 0 saturated heterocycles. The fourth-order valence-corrected chi connectivity index (χ4v) is 2.49. The second-order valence-corrected chi connectivity index (χ2v) is 6.67. The molecule has 112 valence electrons. The molecule has 1 heterocycles. The molecule has 0 spiro atoms. The Bertz CT molecular complexity index is 695. The van der Waals surface area contributed by atoms with E-state index < -0.39 is 10.0 Å². The highest BCUT2D eigenvalue weighted by molar-refractivity contribution is 7.89. The van der Waals surface area contributed by atoms with E-state index in [9.17, 15) is 8.42 Å². The molecule has 7 heteroatoms. The Morgan fingerprint density at radius 3 is 2.24 bits per heavy atom. The van der Waals surface area contributed by atoms with Crippen LogP contribution in [0.2, 0.25) is 0 Å². The van der Waals surface area contributed by atoms with E-state index in [2.05, 4.69) is 10.3 Å². The van der Waals surface area contributed by atoms with Gasteiger partial charge in [-0.05, 0) is 36.4 Å². The summed E-state index contributed by atoms with van der Waals surface area (Å²) in [4.78, 5) is 4.28. The number of methoxy groups -OCH3 is 1. The first-order chi connectivity index (χ1) is 9.93. The van der Waals surface area contributed by atoms with E-state index in [1.165, 1.54) is 26.4 Å². The lowest BCUT2D eigenvalue weighted by Crippen LogP contribution is -2.22. The number of sulfonamides is 1. The van der Waals surface area contributed by atoms with Gasteiger partial charge in [-0.1, -0.05) is 0 Å². The summed E-state index contributed by atoms with van der Waals surface area (Å²) in [7, 11) is 1.13. The maximum Gasteiger partial charge on any atom is 0.244 e. The average Bonchev–Trinajstić information content (AvgIpc) is 2.48. The monoisotopic (exact) mass is 307 g/mol. The largest absolute Gasteiger partial charge is 0.497 e. The van der Waals surface area contributed by atoms with Crippen molar-refractivity contribution >= 4 is 21.5 Å². The van der Waals surface area contributed by atoms with Gasteiger partial charge >= 0.3 is 0 Å². The summed E-state index contributed by atoms with van der Waals surface area (Å²) >= 11 is 0. The number of hydrogen-bond acceptors (Lipinski definition) is 5. The number of pyridine rings is 1. The number of benzene rings is 1. The van der Waals surface area contributed by atoms with Crippen molar-refractivity contribution in [2.45, 2.75) is 4.90 Å². The highest BCUT2D eigenvalue weighted by Crippen LogP contribution is 2.20. The van der Waals surface area contributed by atoms with Crippen LogP contribution in [0, 0.1) is 0 Å². The van der Waals surface area contributed by atoms with Crippen molar-refractivity contribution in [3.8, 4) is 5.75 Å². The molecule has 6 nitrogen and oxygen atoms in total. The van der Waals surface area contributed by atoms with Gasteiger partial charge in [-0.2, -0.15) is 0 Å². The highest BCUT2D eigenvalue weighted by atomic mass is 32.2. The van der Waals surface area contributed by atoms with Crippen LogP contribution in [0.3, 0.4) is 0 Å². The molecular formula is C14H17N3O3S. The van der Waals surface area contributed by atoms with Crippen LogP contribution in [0.1, 0.15) is 0 Å². The third-order valence-electron chi connectivity index (χ3n) is 2.88. The number of hydrogen-bond donors (Lipinski definition) is 1. The number of anilines is 2. The summed E-state index contributed by atoms with van der Waals surface area (Å²) in [6.07, 6.45) is 1.33. The molecule has 0 aliphatic carbocycles. The van der Waals surface area contributed by atoms with E-state index in [4.69, 9.17) is 4.74 Å². The minimum Gasteiger partial charge on any atom is -0.497 e. The molecule has 1 aromatic heterocycles. The molecule has 0 aliphatic rings. The Kier molecular flexibility index (Phi) is 4.44. The zero-order valence-corrected chi connectivity index (χ0v) is 12.9. The van der Waals surface area contributed by atoms with Gasteiger partial charge in [0, 0.05) is 26.0 Å². The summed E-state index contributed by atoms with van der Waals surface area (Å²) in [5, 5.41) is 3.09. The Morgan fingerprint density at radius 2 is 1.76 bits per heavy atom. The first-order valence-corrected chi connectivity index (χ1v) is 7.67. The second-order valence-electron chi connectivity index (χ2n) is 4.52. The molecule has 0 fully saturated rings. The van der Waals surface area contributed by atoms with Gasteiger partial charge in [0.05, 0.1) is 7.11 Å². The Labute approximate surface area is 124 Å². The lowest BCUT2D eigenvalue weighted by molar-refractivity contribution is 0.415. The maximum atomic E-state index is 11.9. The van der Waals surface area contributed by atoms with Gasteiger partial charge in [0.15, 0.2) is 0 Å². The van der Waals surface area contributed by atoms with Crippen LogP contribution in [0.15, 0.2) is 47.5 Å². The van der Waals surface area contributed by atoms with Gasteiger partial charge in [0.2, 0.25) is 10.0 Å². The van der Waals surface area contributed by atoms with Gasteiger partial charge in [-0.3, -0.25) is 0 Å². The maximum absolute atomic E-state index is 11.9. The van der Waals surface area contributed by atoms with E-state index in [1.54, 1.807) is 13.2 Å². The summed E-state index contributed by atoms with van der Waals surface area (Å²) in [6, 6.07) is 10.5. The number of rotatable bonds is 5. The van der Waals surface area contributed by atoms with Crippen LogP contribution in [0.25, 0.3) is 0 Å². The van der Waals surface area contributed by atoms with Gasteiger partial charge in [0.25, 0.3) is 0 Å². The molecule has 1 N–H and O–H groups in total. The van der Waals surface area contributed by atoms with Crippen molar-refractivity contribution < 1.29 is 13.2 Å². The minimum absolute atomic E-state index is 0.160. The van der Waals surface area contributed by atoms with Crippen molar-refractivity contribution in [1.29, 1.82) is 0 Å². The SMILES string of the molecule is COc1ccc(Nc2ccc(S(=O)(=O)N(C)C)cn2)cc1. The van der Waals surface area contributed by atoms with E-state index in [0.717, 1.165) is 15.7 Å². The molecular weight excluding hydrogens is 290 g/mol. The molecule has 0 amide bonds. The van der Waals surface area contributed by atoms with Gasteiger partial charge < -0.3 is 10.1 Å². The van der Waals surface area contributed by atoms with Crippen LogP contribution in [-0.2, 0) is 10.0 Å². The number of ether oxygens (including phenoxy) is 1. The number of aromatic nitrogens is 1. The van der Waals surface area contributed by atoms with E-state index >= 15 is 0 Å². The van der Waals surface area contributed by atoms with Gasteiger partial charge in [0.1, 0.15) is 16.5 Å². The fraction of sp³-hybridized carbons (Fsp3) is 0.214. The van der Waals surface area contributed by atoms with E-state index in [0.29, 0.717) is 5.82 Å². The van der Waals surface area contributed by atoms with Crippen LogP contribution >= 0.6 is 0 Å². The normalized spacial score (nSPS) is 11.4. The summed E-state index contributed by atoms with van der Waals surface area (Å²) in [5.41, 5.74) is 0.839. The molecule has 0 radical (unpaired) electrons. The first kappa shape index (κ1) is 15.3. The molecule has 0 aliphatic heterocycles. The Hall–Kier alpha value is -2.12. The standard InChI is InChI=1S/C14H17N3O3S/c1-17(2)21(18,19)13-8-9-14(15-10-13)16-11-4-6-12(20-3)7-5-11/h4-10H,1-3H3,(H,15,16). The van der Waals surface area contributed by atoms with Crippen molar-refractivity contribution in [2.75, 3.05) is 26.5 Å². The molecule has 1 aromatic carbocycles. The number of nitrogens with zero attached hydrogens (tertiary/aromatic N) is 2. The predicted molar refractivity (Wildman–Crippen MR) is 81.4 cm³/mol. The fourth-order valence-electron chi connectivity index (χ4n) is 1.64. The topological polar surface area (TPSA) is 71.5 Å². The third kappa shape index (κ3) is 3.50. The highest BCUT2D eigenvalue weighted by Gasteiger charge is 2.17. The quantitative estimate of drug-likeness (QED) is 0.915. The van der Waals surface area contributed by atoms with E-state index in [-0.39, 0.29) is 4.90 Å². The molecule has 2 rings (SSSR count). The van der Waals surface area contributed by atoms with Gasteiger partial charge in [-0.15, -0.1) is 0 Å². The lowest BCUT2D eigenvalue weighted by Gasteiger charge is -2.11. The van der Waals surface area contributed by atoms with Crippen LogP contribution in [-0.4, -0.2) is 38.9 Å². The first-order valence-electron chi connectivity index (χ1n) is 6.23. The second kappa shape index (κ2) is 6.11. The molecule has 2 aromatic rings. The van der Waals surface area contributed by atoms with Crippen LogP contribution < -0.4 is 10.1 Å². The molecule has 0 bridgehead atoms. The van der Waals surface area contributed by atoms with Crippen molar-refractivity contribution in [2.24, 2.45) is 0 Å². The Morgan fingerprint density at radius 1 is 1.10 bits per heavy atom. The lowest BCUT2D eigenvalue weighted by atomic mass is 10.3. The smallest absolute Gasteiger partial charge is 0.244 e.